The van der Waals surface area contributed by atoms with Gasteiger partial charge in [0.05, 0.1) is 11.8 Å². The molecule has 4 rings (SSSR count). The highest BCUT2D eigenvalue weighted by molar-refractivity contribution is 6.27. The second kappa shape index (κ2) is 13.4. The Kier molecular flexibility index (Phi) is 10.6. The van der Waals surface area contributed by atoms with E-state index in [4.69, 9.17) is 28.8 Å². The first-order chi connectivity index (χ1) is 16.2. The third-order valence-electron chi connectivity index (χ3n) is 4.92. The van der Waals surface area contributed by atoms with E-state index in [-0.39, 0.29) is 11.8 Å². The molecule has 0 saturated heterocycles. The maximum absolute atomic E-state index is 9.10. The second-order valence-electron chi connectivity index (χ2n) is 7.92. The van der Waals surface area contributed by atoms with Gasteiger partial charge in [-0.3, -0.25) is 0 Å². The predicted molar refractivity (Wildman–Crippen MR) is 121 cm³/mol. The lowest BCUT2D eigenvalue weighted by Crippen LogP contribution is -2.27. The van der Waals surface area contributed by atoms with Crippen molar-refractivity contribution in [2.75, 3.05) is 26.2 Å². The molecule has 2 aliphatic rings. The van der Waals surface area contributed by atoms with Crippen molar-refractivity contribution in [2.45, 2.75) is 52.4 Å². The van der Waals surface area contributed by atoms with Crippen molar-refractivity contribution in [3.63, 3.8) is 0 Å². The number of nitrogens with zero attached hydrogens (tertiary/aromatic N) is 4. The first-order valence-electron chi connectivity index (χ1n) is 11.1. The summed E-state index contributed by atoms with van der Waals surface area (Å²) in [6.45, 7) is 12.0. The molecule has 4 heterocycles. The van der Waals surface area contributed by atoms with E-state index in [1.165, 1.54) is 11.1 Å². The molecule has 12 heteroatoms. The van der Waals surface area contributed by atoms with Gasteiger partial charge in [-0.25, -0.2) is 9.59 Å². The molecule has 2 aromatic rings. The Morgan fingerprint density at radius 2 is 1.24 bits per heavy atom. The maximum atomic E-state index is 9.10. The molecule has 0 amide bonds. The molecule has 0 aromatic carbocycles. The number of aromatic nitrogens is 4. The molecule has 0 fully saturated rings. The zero-order valence-corrected chi connectivity index (χ0v) is 19.9. The minimum Gasteiger partial charge on any atom is -0.473 e. The highest BCUT2D eigenvalue weighted by atomic mass is 16.5. The van der Waals surface area contributed by atoms with Gasteiger partial charge in [-0.15, -0.1) is 0 Å². The Balaban J connectivity index is 0.000000196. The molecule has 2 unspecified atom stereocenters. The van der Waals surface area contributed by atoms with Crippen molar-refractivity contribution in [3.8, 4) is 0 Å². The van der Waals surface area contributed by atoms with Gasteiger partial charge in [0, 0.05) is 39.0 Å². The van der Waals surface area contributed by atoms with E-state index in [9.17, 15) is 0 Å². The number of rotatable bonds is 4. The van der Waals surface area contributed by atoms with E-state index in [0.29, 0.717) is 0 Å². The summed E-state index contributed by atoms with van der Waals surface area (Å²) in [5, 5.41) is 29.2. The lowest BCUT2D eigenvalue weighted by molar-refractivity contribution is -0.159. The average Bonchev–Trinajstić information content (AvgIpc) is 3.50. The van der Waals surface area contributed by atoms with E-state index < -0.39 is 11.9 Å². The third-order valence-corrected chi connectivity index (χ3v) is 4.92. The van der Waals surface area contributed by atoms with E-state index >= 15 is 0 Å². The van der Waals surface area contributed by atoms with Crippen LogP contribution in [0.3, 0.4) is 0 Å². The molecule has 0 aliphatic carbocycles. The smallest absolute Gasteiger partial charge is 0.414 e. The van der Waals surface area contributed by atoms with Crippen LogP contribution in [0, 0.1) is 0 Å². The fraction of sp³-hybridized carbons (Fsp3) is 0.545. The molecular formula is C22H32N6O6. The van der Waals surface area contributed by atoms with Crippen LogP contribution in [0.15, 0.2) is 32.3 Å². The Morgan fingerprint density at radius 3 is 1.50 bits per heavy atom. The molecule has 2 atom stereocenters. The first kappa shape index (κ1) is 26.9. The van der Waals surface area contributed by atoms with Crippen LogP contribution in [0.1, 0.15) is 63.0 Å². The number of carboxylic acid groups (broad SMARTS) is 2. The first-order valence-corrected chi connectivity index (χ1v) is 11.1. The summed E-state index contributed by atoms with van der Waals surface area (Å²) in [6.07, 6.45) is 6.05. The van der Waals surface area contributed by atoms with Gasteiger partial charge < -0.3 is 29.9 Å². The number of carbonyl (C=O) groups is 2. The van der Waals surface area contributed by atoms with Crippen molar-refractivity contribution in [1.82, 2.24) is 30.9 Å². The topological polar surface area (TPSA) is 176 Å². The lowest BCUT2D eigenvalue weighted by Gasteiger charge is -2.16. The summed E-state index contributed by atoms with van der Waals surface area (Å²) in [7, 11) is 0. The number of aryl methyl sites for hydroxylation is 2. The average molecular weight is 477 g/mol. The Hall–Kier alpha value is -3.38. The SMILES string of the molecule is CCc1noc(C2C=C(C)CNC2)n1.CCc1noc(C2C=C(C)CNC2)n1.O=C(O)C(=O)O. The number of nitrogens with one attached hydrogen (secondary N) is 2. The molecule has 2 aliphatic heterocycles. The van der Waals surface area contributed by atoms with Crippen LogP contribution in [0.4, 0.5) is 0 Å². The number of hydrogen-bond donors (Lipinski definition) is 4. The van der Waals surface area contributed by atoms with Gasteiger partial charge in [0.2, 0.25) is 11.8 Å². The quantitative estimate of drug-likeness (QED) is 0.371. The number of aliphatic carboxylic acids is 2. The predicted octanol–water partition coefficient (Wildman–Crippen LogP) is 1.69. The van der Waals surface area contributed by atoms with E-state index in [2.05, 4.69) is 56.9 Å². The zero-order chi connectivity index (χ0) is 25.1. The van der Waals surface area contributed by atoms with Gasteiger partial charge in [0.25, 0.3) is 0 Å². The lowest BCUT2D eigenvalue weighted by atomic mass is 10.0. The van der Waals surface area contributed by atoms with Gasteiger partial charge in [-0.1, -0.05) is 47.5 Å². The Labute approximate surface area is 197 Å². The van der Waals surface area contributed by atoms with Gasteiger partial charge in [-0.05, 0) is 13.8 Å². The van der Waals surface area contributed by atoms with Crippen molar-refractivity contribution < 1.29 is 28.8 Å². The highest BCUT2D eigenvalue weighted by Gasteiger charge is 2.20. The van der Waals surface area contributed by atoms with E-state index in [1.54, 1.807) is 0 Å². The van der Waals surface area contributed by atoms with E-state index in [1.807, 2.05) is 13.8 Å². The normalized spacial score (nSPS) is 19.5. The Morgan fingerprint density at radius 1 is 0.853 bits per heavy atom. The summed E-state index contributed by atoms with van der Waals surface area (Å²) >= 11 is 0. The number of hydrogen-bond acceptors (Lipinski definition) is 10. The number of carboxylic acids is 2. The molecule has 0 spiro atoms. The van der Waals surface area contributed by atoms with Gasteiger partial charge >= 0.3 is 11.9 Å². The monoisotopic (exact) mass is 476 g/mol. The van der Waals surface area contributed by atoms with Gasteiger partial charge in [0.1, 0.15) is 0 Å². The second-order valence-corrected chi connectivity index (χ2v) is 7.92. The van der Waals surface area contributed by atoms with E-state index in [0.717, 1.165) is 62.5 Å². The standard InChI is InChI=1S/2C10H15N3O.C2H2O4/c2*1-3-9-12-10(14-13-9)8-4-7(2)5-11-6-8;3-1(4)2(5)6/h2*4,8,11H,3,5-6H2,1-2H3;(H,3,4)(H,5,6). The van der Waals surface area contributed by atoms with Gasteiger partial charge in [0.15, 0.2) is 11.6 Å². The fourth-order valence-electron chi connectivity index (χ4n) is 3.21. The van der Waals surface area contributed by atoms with Crippen molar-refractivity contribution in [2.24, 2.45) is 0 Å². The van der Waals surface area contributed by atoms with Crippen molar-refractivity contribution in [3.05, 3.63) is 46.7 Å². The molecule has 186 valence electrons. The maximum Gasteiger partial charge on any atom is 0.414 e. The van der Waals surface area contributed by atoms with Crippen molar-refractivity contribution >= 4 is 11.9 Å². The van der Waals surface area contributed by atoms with Crippen LogP contribution in [0.5, 0.6) is 0 Å². The summed E-state index contributed by atoms with van der Waals surface area (Å²) in [4.78, 5) is 26.8. The van der Waals surface area contributed by atoms with Crippen LogP contribution in [-0.2, 0) is 22.4 Å². The molecule has 4 N–H and O–H groups in total. The van der Waals surface area contributed by atoms with Crippen LogP contribution < -0.4 is 10.6 Å². The molecular weight excluding hydrogens is 444 g/mol. The minimum absolute atomic E-state index is 0.247. The molecule has 0 bridgehead atoms. The minimum atomic E-state index is -1.82. The summed E-state index contributed by atoms with van der Waals surface area (Å²) in [6, 6.07) is 0. The molecule has 2 aromatic heterocycles. The molecule has 12 nitrogen and oxygen atoms in total. The summed E-state index contributed by atoms with van der Waals surface area (Å²) in [5.74, 6) is -0.117. The van der Waals surface area contributed by atoms with Crippen LogP contribution in [-0.4, -0.2) is 68.6 Å². The Bertz CT molecular complexity index is 931. The molecule has 0 saturated carbocycles. The highest BCUT2D eigenvalue weighted by Crippen LogP contribution is 2.20. The molecule has 0 radical (unpaired) electrons. The van der Waals surface area contributed by atoms with Crippen molar-refractivity contribution in [1.29, 1.82) is 0 Å². The fourth-order valence-corrected chi connectivity index (χ4v) is 3.21. The summed E-state index contributed by atoms with van der Waals surface area (Å²) in [5.41, 5.74) is 2.66. The zero-order valence-electron chi connectivity index (χ0n) is 19.9. The van der Waals surface area contributed by atoms with Crippen LogP contribution in [0.2, 0.25) is 0 Å². The van der Waals surface area contributed by atoms with Crippen LogP contribution in [0.25, 0.3) is 0 Å². The van der Waals surface area contributed by atoms with Crippen LogP contribution >= 0.6 is 0 Å². The third kappa shape index (κ3) is 8.52. The van der Waals surface area contributed by atoms with Gasteiger partial charge in [-0.2, -0.15) is 9.97 Å². The summed E-state index contributed by atoms with van der Waals surface area (Å²) < 4.78 is 10.4. The molecule has 34 heavy (non-hydrogen) atoms. The largest absolute Gasteiger partial charge is 0.473 e.